The van der Waals surface area contributed by atoms with Crippen molar-refractivity contribution in [2.75, 3.05) is 0 Å². The fraction of sp³-hybridized carbons (Fsp3) is 0.200. The lowest BCUT2D eigenvalue weighted by Gasteiger charge is -2.14. The highest BCUT2D eigenvalue weighted by molar-refractivity contribution is 5.81. The Kier molecular flexibility index (Phi) is 4.11. The van der Waals surface area contributed by atoms with Crippen molar-refractivity contribution < 1.29 is 0 Å². The molecule has 0 saturated carbocycles. The average molecular weight is 303 g/mol. The van der Waals surface area contributed by atoms with Crippen LogP contribution in [0.2, 0.25) is 0 Å². The molecule has 0 amide bonds. The van der Waals surface area contributed by atoms with Crippen molar-refractivity contribution in [1.29, 1.82) is 0 Å². The van der Waals surface area contributed by atoms with E-state index in [0.29, 0.717) is 0 Å². The highest BCUT2D eigenvalue weighted by Gasteiger charge is 2.20. The molecule has 3 rings (SSSR count). The van der Waals surface area contributed by atoms with E-state index < -0.39 is 0 Å². The molecule has 0 aliphatic carbocycles. The van der Waals surface area contributed by atoms with Crippen molar-refractivity contribution in [2.45, 2.75) is 26.2 Å². The van der Waals surface area contributed by atoms with Crippen LogP contribution in [0.25, 0.3) is 5.69 Å². The van der Waals surface area contributed by atoms with Gasteiger partial charge in [0.2, 0.25) is 0 Å². The summed E-state index contributed by atoms with van der Waals surface area (Å²) in [6.07, 6.45) is 1.88. The molecule has 0 aliphatic heterocycles. The molecule has 0 aliphatic rings. The third-order valence-electron chi connectivity index (χ3n) is 3.61. The number of aliphatic imine (C=N–C) groups is 1. The molecule has 0 fully saturated rings. The molecule has 3 aromatic rings. The van der Waals surface area contributed by atoms with E-state index in [-0.39, 0.29) is 5.41 Å². The molecule has 3 heteroatoms. The highest BCUT2D eigenvalue weighted by atomic mass is 15.3. The van der Waals surface area contributed by atoms with Gasteiger partial charge < -0.3 is 0 Å². The lowest BCUT2D eigenvalue weighted by atomic mass is 9.92. The van der Waals surface area contributed by atoms with Crippen molar-refractivity contribution in [1.82, 2.24) is 9.78 Å². The van der Waals surface area contributed by atoms with Gasteiger partial charge in [-0.2, -0.15) is 5.10 Å². The molecule has 23 heavy (non-hydrogen) atoms. The largest absolute Gasteiger partial charge is 0.236 e. The summed E-state index contributed by atoms with van der Waals surface area (Å²) in [5, 5.41) is 4.77. The molecule has 0 spiro atoms. The lowest BCUT2D eigenvalue weighted by molar-refractivity contribution is 0.560. The molecule has 116 valence electrons. The molecule has 2 aromatic carbocycles. The van der Waals surface area contributed by atoms with Crippen LogP contribution in [0.3, 0.4) is 0 Å². The van der Waals surface area contributed by atoms with E-state index in [9.17, 15) is 0 Å². The van der Waals surface area contributed by atoms with E-state index in [2.05, 4.69) is 31.8 Å². The molecule has 0 unspecified atom stereocenters. The molecular weight excluding hydrogens is 282 g/mol. The fourth-order valence-electron chi connectivity index (χ4n) is 2.27. The van der Waals surface area contributed by atoms with Crippen LogP contribution in [0, 0.1) is 0 Å². The highest BCUT2D eigenvalue weighted by Crippen LogP contribution is 2.27. The van der Waals surface area contributed by atoms with Crippen LogP contribution in [-0.2, 0) is 5.41 Å². The molecule has 1 heterocycles. The Labute approximate surface area is 137 Å². The Morgan fingerprint density at radius 1 is 0.913 bits per heavy atom. The minimum absolute atomic E-state index is 0.0168. The quantitative estimate of drug-likeness (QED) is 0.632. The van der Waals surface area contributed by atoms with Crippen LogP contribution >= 0.6 is 0 Å². The van der Waals surface area contributed by atoms with Gasteiger partial charge in [0.25, 0.3) is 0 Å². The van der Waals surface area contributed by atoms with Gasteiger partial charge in [-0.3, -0.25) is 0 Å². The van der Waals surface area contributed by atoms with Crippen LogP contribution in [0.15, 0.2) is 71.7 Å². The normalized spacial score (nSPS) is 12.0. The number of para-hydroxylation sites is 1. The van der Waals surface area contributed by atoms with Gasteiger partial charge in [-0.1, -0.05) is 69.3 Å². The molecule has 3 nitrogen and oxygen atoms in total. The summed E-state index contributed by atoms with van der Waals surface area (Å²) < 4.78 is 1.90. The first-order valence-corrected chi connectivity index (χ1v) is 7.79. The Hall–Kier alpha value is -2.68. The Bertz CT molecular complexity index is 794. The summed E-state index contributed by atoms with van der Waals surface area (Å²) in [5.74, 6) is 0.838. The number of nitrogens with zero attached hydrogens (tertiary/aromatic N) is 3. The predicted molar refractivity (Wildman–Crippen MR) is 96.0 cm³/mol. The number of benzene rings is 2. The van der Waals surface area contributed by atoms with E-state index in [0.717, 1.165) is 22.8 Å². The van der Waals surface area contributed by atoms with Crippen LogP contribution < -0.4 is 0 Å². The number of hydrogen-bond acceptors (Lipinski definition) is 2. The summed E-state index contributed by atoms with van der Waals surface area (Å²) >= 11 is 0. The molecule has 0 atom stereocenters. The summed E-state index contributed by atoms with van der Waals surface area (Å²) in [6.45, 7) is 6.49. The van der Waals surface area contributed by atoms with E-state index >= 15 is 0 Å². The first kappa shape index (κ1) is 15.2. The standard InChI is InChI=1S/C20H21N3/c1-20(2,3)18-14-19(21-15-16-10-6-4-7-11-16)23(22-18)17-12-8-5-9-13-17/h4-15H,1-3H3/b21-15+. The van der Waals surface area contributed by atoms with Crippen molar-refractivity contribution >= 4 is 12.0 Å². The van der Waals surface area contributed by atoms with Gasteiger partial charge in [-0.15, -0.1) is 0 Å². The maximum atomic E-state index is 4.77. The molecule has 0 radical (unpaired) electrons. The topological polar surface area (TPSA) is 30.2 Å². The Morgan fingerprint density at radius 3 is 2.13 bits per heavy atom. The summed E-state index contributed by atoms with van der Waals surface area (Å²) in [7, 11) is 0. The number of hydrogen-bond donors (Lipinski definition) is 0. The monoisotopic (exact) mass is 303 g/mol. The summed E-state index contributed by atoms with van der Waals surface area (Å²) in [5.41, 5.74) is 3.10. The second kappa shape index (κ2) is 6.21. The maximum absolute atomic E-state index is 4.77. The predicted octanol–water partition coefficient (Wildman–Crippen LogP) is 4.92. The average Bonchev–Trinajstić information content (AvgIpc) is 2.99. The minimum Gasteiger partial charge on any atom is -0.236 e. The van der Waals surface area contributed by atoms with Crippen LogP contribution in [0.5, 0.6) is 0 Å². The van der Waals surface area contributed by atoms with Crippen LogP contribution in [-0.4, -0.2) is 16.0 Å². The molecule has 0 saturated heterocycles. The number of rotatable bonds is 3. The van der Waals surface area contributed by atoms with Gasteiger partial charge in [-0.05, 0) is 17.7 Å². The van der Waals surface area contributed by atoms with E-state index in [1.807, 2.05) is 71.6 Å². The maximum Gasteiger partial charge on any atom is 0.155 e. The zero-order chi connectivity index (χ0) is 16.3. The van der Waals surface area contributed by atoms with Gasteiger partial charge in [0, 0.05) is 17.7 Å². The van der Waals surface area contributed by atoms with Gasteiger partial charge >= 0.3 is 0 Å². The van der Waals surface area contributed by atoms with Crippen LogP contribution in [0.1, 0.15) is 32.0 Å². The molecular formula is C20H21N3. The third-order valence-corrected chi connectivity index (χ3v) is 3.61. The zero-order valence-corrected chi connectivity index (χ0v) is 13.8. The van der Waals surface area contributed by atoms with Crippen molar-refractivity contribution in [3.63, 3.8) is 0 Å². The Balaban J connectivity index is 2.04. The Morgan fingerprint density at radius 2 is 1.52 bits per heavy atom. The van der Waals surface area contributed by atoms with Gasteiger partial charge in [0.05, 0.1) is 11.4 Å². The molecule has 0 N–H and O–H groups in total. The lowest BCUT2D eigenvalue weighted by Crippen LogP contribution is -2.12. The van der Waals surface area contributed by atoms with E-state index in [1.54, 1.807) is 0 Å². The fourth-order valence-corrected chi connectivity index (χ4v) is 2.27. The van der Waals surface area contributed by atoms with Gasteiger partial charge in [0.1, 0.15) is 0 Å². The molecule has 1 aromatic heterocycles. The summed E-state index contributed by atoms with van der Waals surface area (Å²) in [4.78, 5) is 4.66. The third kappa shape index (κ3) is 3.57. The first-order chi connectivity index (χ1) is 11.0. The second-order valence-electron chi connectivity index (χ2n) is 6.55. The van der Waals surface area contributed by atoms with Gasteiger partial charge in [-0.25, -0.2) is 9.67 Å². The number of aromatic nitrogens is 2. The smallest absolute Gasteiger partial charge is 0.155 e. The SMILES string of the molecule is CC(C)(C)c1cc(/N=C/c2ccccc2)n(-c2ccccc2)n1. The first-order valence-electron chi connectivity index (χ1n) is 7.79. The van der Waals surface area contributed by atoms with Gasteiger partial charge in [0.15, 0.2) is 5.82 Å². The second-order valence-corrected chi connectivity index (χ2v) is 6.55. The zero-order valence-electron chi connectivity index (χ0n) is 13.8. The van der Waals surface area contributed by atoms with Crippen LogP contribution in [0.4, 0.5) is 5.82 Å². The van der Waals surface area contributed by atoms with E-state index in [1.165, 1.54) is 0 Å². The van der Waals surface area contributed by atoms with Crippen molar-refractivity contribution in [3.8, 4) is 5.69 Å². The van der Waals surface area contributed by atoms with E-state index in [4.69, 9.17) is 5.10 Å². The summed E-state index contributed by atoms with van der Waals surface area (Å²) in [6, 6.07) is 22.3. The van der Waals surface area contributed by atoms with Crippen molar-refractivity contribution in [2.24, 2.45) is 4.99 Å². The molecule has 0 bridgehead atoms. The minimum atomic E-state index is -0.0168. The van der Waals surface area contributed by atoms with Crippen molar-refractivity contribution in [3.05, 3.63) is 78.0 Å².